The van der Waals surface area contributed by atoms with Crippen LogP contribution in [0.2, 0.25) is 0 Å². The van der Waals surface area contributed by atoms with Gasteiger partial charge in [0, 0.05) is 0 Å². The predicted molar refractivity (Wildman–Crippen MR) is 102 cm³/mol. The summed E-state index contributed by atoms with van der Waals surface area (Å²) < 4.78 is 10.4. The van der Waals surface area contributed by atoms with E-state index in [4.69, 9.17) is 9.47 Å². The standard InChI is InChI=1S/C21H18N2O3/c1-25-19-13-9-17(10-14-19)21(24)26-20-11-7-16(8-12-20)15-22-23-18-5-3-2-4-6-18/h2-15,23H,1H3. The Morgan fingerprint density at radius 2 is 1.54 bits per heavy atom. The van der Waals surface area contributed by atoms with E-state index in [9.17, 15) is 4.79 Å². The summed E-state index contributed by atoms with van der Waals surface area (Å²) in [6.45, 7) is 0. The first kappa shape index (κ1) is 17.2. The second-order valence-electron chi connectivity index (χ2n) is 5.42. The van der Waals surface area contributed by atoms with E-state index in [1.54, 1.807) is 49.7 Å². The zero-order valence-corrected chi connectivity index (χ0v) is 14.3. The second-order valence-corrected chi connectivity index (χ2v) is 5.42. The molecule has 5 nitrogen and oxygen atoms in total. The lowest BCUT2D eigenvalue weighted by Gasteiger charge is -2.05. The lowest BCUT2D eigenvalue weighted by molar-refractivity contribution is 0.0734. The summed E-state index contributed by atoms with van der Waals surface area (Å²) in [4.78, 5) is 12.1. The Labute approximate surface area is 151 Å². The van der Waals surface area contributed by atoms with Crippen LogP contribution in [0, 0.1) is 0 Å². The highest BCUT2D eigenvalue weighted by molar-refractivity contribution is 5.91. The number of benzene rings is 3. The predicted octanol–water partition coefficient (Wildman–Crippen LogP) is 4.36. The maximum Gasteiger partial charge on any atom is 0.343 e. The molecule has 0 amide bonds. The summed E-state index contributed by atoms with van der Waals surface area (Å²) in [7, 11) is 1.58. The summed E-state index contributed by atoms with van der Waals surface area (Å²) >= 11 is 0. The van der Waals surface area contributed by atoms with Gasteiger partial charge in [0.05, 0.1) is 24.6 Å². The number of nitrogens with one attached hydrogen (secondary N) is 1. The lowest BCUT2D eigenvalue weighted by Crippen LogP contribution is -2.08. The van der Waals surface area contributed by atoms with Crippen molar-refractivity contribution in [3.8, 4) is 11.5 Å². The average molecular weight is 346 g/mol. The van der Waals surface area contributed by atoms with E-state index in [-0.39, 0.29) is 0 Å². The number of rotatable bonds is 6. The Kier molecular flexibility index (Phi) is 5.62. The largest absolute Gasteiger partial charge is 0.497 e. The van der Waals surface area contributed by atoms with E-state index in [1.165, 1.54) is 0 Å². The summed E-state index contributed by atoms with van der Waals surface area (Å²) in [5.41, 5.74) is 5.20. The molecular formula is C21H18N2O3. The van der Waals surface area contributed by atoms with Crippen LogP contribution in [0.4, 0.5) is 5.69 Å². The van der Waals surface area contributed by atoms with E-state index >= 15 is 0 Å². The van der Waals surface area contributed by atoms with Crippen molar-refractivity contribution >= 4 is 17.9 Å². The molecule has 0 atom stereocenters. The molecule has 0 bridgehead atoms. The highest BCUT2D eigenvalue weighted by atomic mass is 16.5. The molecule has 0 fully saturated rings. The van der Waals surface area contributed by atoms with Crippen LogP contribution in [0.5, 0.6) is 11.5 Å². The number of anilines is 1. The molecule has 3 rings (SSSR count). The van der Waals surface area contributed by atoms with Crippen molar-refractivity contribution in [2.45, 2.75) is 0 Å². The third-order valence-corrected chi connectivity index (χ3v) is 3.60. The van der Waals surface area contributed by atoms with Gasteiger partial charge in [0.1, 0.15) is 11.5 Å². The van der Waals surface area contributed by atoms with E-state index in [2.05, 4.69) is 10.5 Å². The van der Waals surface area contributed by atoms with Crippen molar-refractivity contribution < 1.29 is 14.3 Å². The highest BCUT2D eigenvalue weighted by Crippen LogP contribution is 2.16. The third kappa shape index (κ3) is 4.70. The molecule has 3 aromatic rings. The first-order valence-corrected chi connectivity index (χ1v) is 8.05. The summed E-state index contributed by atoms with van der Waals surface area (Å²) in [5.74, 6) is 0.744. The minimum atomic E-state index is -0.417. The molecule has 0 saturated heterocycles. The number of ether oxygens (including phenoxy) is 2. The fourth-order valence-corrected chi connectivity index (χ4v) is 2.21. The first-order chi connectivity index (χ1) is 12.7. The van der Waals surface area contributed by atoms with Crippen molar-refractivity contribution in [3.05, 3.63) is 90.0 Å². The topological polar surface area (TPSA) is 59.9 Å². The Hall–Kier alpha value is -3.60. The van der Waals surface area contributed by atoms with Gasteiger partial charge in [-0.1, -0.05) is 18.2 Å². The molecule has 0 radical (unpaired) electrons. The first-order valence-electron chi connectivity index (χ1n) is 8.05. The van der Waals surface area contributed by atoms with Crippen LogP contribution in [0.25, 0.3) is 0 Å². The molecule has 0 unspecified atom stereocenters. The summed E-state index contributed by atoms with van der Waals surface area (Å²) in [6, 6.07) is 23.5. The van der Waals surface area contributed by atoms with E-state index in [1.807, 2.05) is 42.5 Å². The normalized spacial score (nSPS) is 10.5. The van der Waals surface area contributed by atoms with Crippen molar-refractivity contribution in [2.75, 3.05) is 12.5 Å². The highest BCUT2D eigenvalue weighted by Gasteiger charge is 2.08. The Bertz CT molecular complexity index is 873. The second kappa shape index (κ2) is 8.48. The summed E-state index contributed by atoms with van der Waals surface area (Å²) in [6.07, 6.45) is 1.70. The minimum absolute atomic E-state index is 0.417. The van der Waals surface area contributed by atoms with Gasteiger partial charge in [0.25, 0.3) is 0 Å². The van der Waals surface area contributed by atoms with Crippen LogP contribution in [0.15, 0.2) is 84.0 Å². The van der Waals surface area contributed by atoms with Gasteiger partial charge in [0.15, 0.2) is 0 Å². The number of carbonyl (C=O) groups excluding carboxylic acids is 1. The fourth-order valence-electron chi connectivity index (χ4n) is 2.21. The average Bonchev–Trinajstić information content (AvgIpc) is 2.70. The van der Waals surface area contributed by atoms with Crippen LogP contribution in [0.3, 0.4) is 0 Å². The molecular weight excluding hydrogens is 328 g/mol. The molecule has 0 spiro atoms. The number of esters is 1. The smallest absolute Gasteiger partial charge is 0.343 e. The van der Waals surface area contributed by atoms with Gasteiger partial charge < -0.3 is 9.47 Å². The summed E-state index contributed by atoms with van der Waals surface area (Å²) in [5, 5.41) is 4.17. The minimum Gasteiger partial charge on any atom is -0.497 e. The molecule has 0 heterocycles. The van der Waals surface area contributed by atoms with Gasteiger partial charge in [-0.05, 0) is 66.2 Å². The van der Waals surface area contributed by atoms with Gasteiger partial charge >= 0.3 is 5.97 Å². The number of hydrogen-bond acceptors (Lipinski definition) is 5. The number of hydrogen-bond donors (Lipinski definition) is 1. The fraction of sp³-hybridized carbons (Fsp3) is 0.0476. The van der Waals surface area contributed by atoms with Crippen LogP contribution >= 0.6 is 0 Å². The molecule has 130 valence electrons. The molecule has 0 aromatic heterocycles. The van der Waals surface area contributed by atoms with Crippen molar-refractivity contribution in [2.24, 2.45) is 5.10 Å². The van der Waals surface area contributed by atoms with Crippen molar-refractivity contribution in [1.82, 2.24) is 0 Å². The van der Waals surface area contributed by atoms with Crippen molar-refractivity contribution in [1.29, 1.82) is 0 Å². The van der Waals surface area contributed by atoms with Crippen molar-refractivity contribution in [3.63, 3.8) is 0 Å². The number of nitrogens with zero attached hydrogens (tertiary/aromatic N) is 1. The maximum absolute atomic E-state index is 12.1. The van der Waals surface area contributed by atoms with Crippen LogP contribution in [-0.4, -0.2) is 19.3 Å². The molecule has 0 saturated carbocycles. The van der Waals surface area contributed by atoms with Gasteiger partial charge in [-0.15, -0.1) is 0 Å². The van der Waals surface area contributed by atoms with E-state index in [0.717, 1.165) is 11.3 Å². The molecule has 3 aromatic carbocycles. The van der Waals surface area contributed by atoms with Gasteiger partial charge in [-0.3, -0.25) is 5.43 Å². The maximum atomic E-state index is 12.1. The molecule has 0 aliphatic carbocycles. The third-order valence-electron chi connectivity index (χ3n) is 3.60. The van der Waals surface area contributed by atoms with Gasteiger partial charge in [0.2, 0.25) is 0 Å². The van der Waals surface area contributed by atoms with Crippen LogP contribution < -0.4 is 14.9 Å². The zero-order valence-electron chi connectivity index (χ0n) is 14.3. The van der Waals surface area contributed by atoms with Crippen LogP contribution in [-0.2, 0) is 0 Å². The Morgan fingerprint density at radius 1 is 0.885 bits per heavy atom. The Morgan fingerprint density at radius 3 is 2.19 bits per heavy atom. The van der Waals surface area contributed by atoms with E-state index in [0.29, 0.717) is 17.1 Å². The molecule has 0 aliphatic rings. The SMILES string of the molecule is COc1ccc(C(=O)Oc2ccc(C=NNc3ccccc3)cc2)cc1. The Balaban J connectivity index is 1.57. The monoisotopic (exact) mass is 346 g/mol. The molecule has 1 N–H and O–H groups in total. The number of hydrazone groups is 1. The number of para-hydroxylation sites is 1. The molecule has 0 aliphatic heterocycles. The number of methoxy groups -OCH3 is 1. The van der Waals surface area contributed by atoms with Gasteiger partial charge in [-0.2, -0.15) is 5.10 Å². The zero-order chi connectivity index (χ0) is 18.2. The number of carbonyl (C=O) groups is 1. The van der Waals surface area contributed by atoms with Crippen LogP contribution in [0.1, 0.15) is 15.9 Å². The van der Waals surface area contributed by atoms with Gasteiger partial charge in [-0.25, -0.2) is 4.79 Å². The molecule has 26 heavy (non-hydrogen) atoms. The van der Waals surface area contributed by atoms with E-state index < -0.39 is 5.97 Å². The quantitative estimate of drug-likeness (QED) is 0.312. The molecule has 5 heteroatoms. The lowest BCUT2D eigenvalue weighted by atomic mass is 10.2.